The zero-order chi connectivity index (χ0) is 21.2. The van der Waals surface area contributed by atoms with Gasteiger partial charge >= 0.3 is 6.03 Å². The molecule has 31 heavy (non-hydrogen) atoms. The summed E-state index contributed by atoms with van der Waals surface area (Å²) < 4.78 is 5.34. The lowest BCUT2D eigenvalue weighted by Crippen LogP contribution is -2.50. The molecule has 0 saturated carbocycles. The summed E-state index contributed by atoms with van der Waals surface area (Å²) in [4.78, 5) is 37.1. The Hall–Kier alpha value is -3.65. The van der Waals surface area contributed by atoms with Crippen LogP contribution in [0.5, 0.6) is 0 Å². The van der Waals surface area contributed by atoms with Crippen LogP contribution in [0.2, 0.25) is 0 Å². The molecule has 158 valence electrons. The Kier molecular flexibility index (Phi) is 5.13. The number of nitrogens with one attached hydrogen (secondary N) is 2. The van der Waals surface area contributed by atoms with Gasteiger partial charge in [-0.15, -0.1) is 0 Å². The van der Waals surface area contributed by atoms with Crippen LogP contribution >= 0.6 is 0 Å². The van der Waals surface area contributed by atoms with Gasteiger partial charge in [0, 0.05) is 42.4 Å². The molecule has 0 atom stereocenters. The molecule has 5 rings (SSSR count). The number of anilines is 2. The lowest BCUT2D eigenvalue weighted by atomic mass is 10.0. The van der Waals surface area contributed by atoms with E-state index in [1.54, 1.807) is 22.2 Å². The molecule has 2 aliphatic heterocycles. The maximum atomic E-state index is 13.2. The van der Waals surface area contributed by atoms with Crippen LogP contribution in [0.15, 0.2) is 54.9 Å². The standard InChI is InChI=1S/C23H23N5O3/c29-19-15-28(23(30)27-10-12-31-13-11-27)14-18-20(19)22(25-17-4-2-1-3-5-17)21(26-18)16-6-8-24-9-7-16/h1-9,25-26H,10-15H2. The third-order valence-corrected chi connectivity index (χ3v) is 5.60. The average Bonchev–Trinajstić information content (AvgIpc) is 3.19. The molecule has 8 heteroatoms. The van der Waals surface area contributed by atoms with Crippen LogP contribution in [0.25, 0.3) is 11.3 Å². The monoisotopic (exact) mass is 417 g/mol. The van der Waals surface area contributed by atoms with Gasteiger partial charge in [0.2, 0.25) is 0 Å². The van der Waals surface area contributed by atoms with Crippen molar-refractivity contribution in [3.63, 3.8) is 0 Å². The van der Waals surface area contributed by atoms with Gasteiger partial charge in [-0.25, -0.2) is 4.79 Å². The summed E-state index contributed by atoms with van der Waals surface area (Å²) in [5, 5.41) is 3.41. The number of amides is 2. The van der Waals surface area contributed by atoms with Gasteiger partial charge in [-0.2, -0.15) is 0 Å². The van der Waals surface area contributed by atoms with Crippen molar-refractivity contribution in [1.82, 2.24) is 19.8 Å². The quantitative estimate of drug-likeness (QED) is 0.683. The lowest BCUT2D eigenvalue weighted by Gasteiger charge is -2.34. The van der Waals surface area contributed by atoms with Crippen LogP contribution in [-0.4, -0.2) is 64.4 Å². The third kappa shape index (κ3) is 3.77. The predicted octanol–water partition coefficient (Wildman–Crippen LogP) is 3.27. The molecule has 8 nitrogen and oxygen atoms in total. The number of rotatable bonds is 3. The summed E-state index contributed by atoms with van der Waals surface area (Å²) in [5.41, 5.74) is 4.70. The van der Waals surface area contributed by atoms with Crippen molar-refractivity contribution in [3.8, 4) is 11.3 Å². The molecule has 0 spiro atoms. The number of aromatic amines is 1. The van der Waals surface area contributed by atoms with Crippen molar-refractivity contribution in [2.24, 2.45) is 0 Å². The van der Waals surface area contributed by atoms with E-state index in [0.717, 1.165) is 28.3 Å². The highest BCUT2D eigenvalue weighted by molar-refractivity contribution is 6.09. The predicted molar refractivity (Wildman–Crippen MR) is 116 cm³/mol. The number of Topliss-reactive ketones (excluding diaryl/α,β-unsaturated/α-hetero) is 1. The lowest BCUT2D eigenvalue weighted by molar-refractivity contribution is 0.0415. The summed E-state index contributed by atoms with van der Waals surface area (Å²) in [6.07, 6.45) is 3.44. The number of H-pyrrole nitrogens is 1. The fourth-order valence-corrected chi connectivity index (χ4v) is 4.09. The first-order valence-electron chi connectivity index (χ1n) is 10.3. The molecule has 2 N–H and O–H groups in total. The summed E-state index contributed by atoms with van der Waals surface area (Å²) in [7, 11) is 0. The second-order valence-electron chi connectivity index (χ2n) is 7.62. The van der Waals surface area contributed by atoms with Crippen molar-refractivity contribution < 1.29 is 14.3 Å². The van der Waals surface area contributed by atoms with Crippen LogP contribution in [-0.2, 0) is 11.3 Å². The Morgan fingerprint density at radius 3 is 2.48 bits per heavy atom. The van der Waals surface area contributed by atoms with Crippen molar-refractivity contribution in [2.45, 2.75) is 6.54 Å². The molecule has 0 unspecified atom stereocenters. The van der Waals surface area contributed by atoms with E-state index in [2.05, 4.69) is 15.3 Å². The van der Waals surface area contributed by atoms with Gasteiger partial charge in [-0.05, 0) is 24.3 Å². The molecule has 1 saturated heterocycles. The van der Waals surface area contributed by atoms with Crippen LogP contribution in [0.4, 0.5) is 16.2 Å². The smallest absolute Gasteiger partial charge is 0.320 e. The molecule has 3 aromatic rings. The first-order chi connectivity index (χ1) is 15.2. The van der Waals surface area contributed by atoms with Crippen LogP contribution in [0.1, 0.15) is 16.1 Å². The maximum Gasteiger partial charge on any atom is 0.320 e. The number of morpholine rings is 1. The van der Waals surface area contributed by atoms with Gasteiger partial charge in [0.05, 0.1) is 43.2 Å². The number of urea groups is 1. The fourth-order valence-electron chi connectivity index (χ4n) is 4.09. The minimum absolute atomic E-state index is 0.0559. The normalized spacial score (nSPS) is 16.2. The second kappa shape index (κ2) is 8.23. The molecule has 1 aromatic carbocycles. The minimum Gasteiger partial charge on any atom is -0.378 e. The summed E-state index contributed by atoms with van der Waals surface area (Å²) >= 11 is 0. The molecule has 0 aliphatic carbocycles. The van der Waals surface area contributed by atoms with Gasteiger partial charge < -0.3 is 24.8 Å². The topological polar surface area (TPSA) is 90.6 Å². The van der Waals surface area contributed by atoms with E-state index in [1.807, 2.05) is 42.5 Å². The van der Waals surface area contributed by atoms with Crippen LogP contribution < -0.4 is 5.32 Å². The highest BCUT2D eigenvalue weighted by Gasteiger charge is 2.34. The number of fused-ring (bicyclic) bond motifs is 1. The zero-order valence-corrected chi connectivity index (χ0v) is 17.0. The number of carbonyl (C=O) groups is 2. The largest absolute Gasteiger partial charge is 0.378 e. The van der Waals surface area contributed by atoms with Gasteiger partial charge in [0.25, 0.3) is 0 Å². The van der Waals surface area contributed by atoms with E-state index in [9.17, 15) is 9.59 Å². The number of aromatic nitrogens is 2. The number of hydrogen-bond acceptors (Lipinski definition) is 5. The molecule has 0 radical (unpaired) electrons. The van der Waals surface area contributed by atoms with E-state index >= 15 is 0 Å². The van der Waals surface area contributed by atoms with Crippen molar-refractivity contribution >= 4 is 23.2 Å². The molecule has 2 aromatic heterocycles. The van der Waals surface area contributed by atoms with Gasteiger partial charge in [-0.1, -0.05) is 18.2 Å². The number of pyridine rings is 1. The molecule has 2 aliphatic rings. The Labute approximate surface area is 179 Å². The average molecular weight is 417 g/mol. The number of nitrogens with zero attached hydrogens (tertiary/aromatic N) is 3. The van der Waals surface area contributed by atoms with E-state index in [4.69, 9.17) is 4.74 Å². The second-order valence-corrected chi connectivity index (χ2v) is 7.62. The molecule has 4 heterocycles. The molecule has 2 amide bonds. The first-order valence-corrected chi connectivity index (χ1v) is 10.3. The summed E-state index contributed by atoms with van der Waals surface area (Å²) in [6, 6.07) is 13.4. The van der Waals surface area contributed by atoms with Crippen LogP contribution in [0, 0.1) is 0 Å². The highest BCUT2D eigenvalue weighted by Crippen LogP contribution is 2.37. The SMILES string of the molecule is O=C1CN(C(=O)N2CCOCC2)Cc2[nH]c(-c3ccncc3)c(Nc3ccccc3)c21. The number of ketones is 1. The van der Waals surface area contributed by atoms with Crippen LogP contribution in [0.3, 0.4) is 0 Å². The summed E-state index contributed by atoms with van der Waals surface area (Å²) in [5.74, 6) is -0.0853. The van der Waals surface area contributed by atoms with Gasteiger partial charge in [0.1, 0.15) is 0 Å². The fraction of sp³-hybridized carbons (Fsp3) is 0.261. The summed E-state index contributed by atoms with van der Waals surface area (Å²) in [6.45, 7) is 2.55. The van der Waals surface area contributed by atoms with E-state index < -0.39 is 0 Å². The Balaban J connectivity index is 1.52. The van der Waals surface area contributed by atoms with E-state index in [0.29, 0.717) is 38.4 Å². The number of para-hydroxylation sites is 1. The number of hydrogen-bond donors (Lipinski definition) is 2. The number of carbonyl (C=O) groups excluding carboxylic acids is 2. The van der Waals surface area contributed by atoms with Crippen molar-refractivity contribution in [2.75, 3.05) is 38.2 Å². The zero-order valence-electron chi connectivity index (χ0n) is 17.0. The van der Waals surface area contributed by atoms with Crippen molar-refractivity contribution in [1.29, 1.82) is 0 Å². The first kappa shape index (κ1) is 19.3. The molecule has 0 bridgehead atoms. The van der Waals surface area contributed by atoms with Gasteiger partial charge in [-0.3, -0.25) is 9.78 Å². The van der Waals surface area contributed by atoms with Gasteiger partial charge in [0.15, 0.2) is 5.78 Å². The molecular weight excluding hydrogens is 394 g/mol. The molecular formula is C23H23N5O3. The molecule has 1 fully saturated rings. The number of ether oxygens (including phenoxy) is 1. The Morgan fingerprint density at radius 1 is 1.00 bits per heavy atom. The minimum atomic E-state index is -0.125. The number of benzene rings is 1. The van der Waals surface area contributed by atoms with E-state index in [-0.39, 0.29) is 18.4 Å². The highest BCUT2D eigenvalue weighted by atomic mass is 16.5. The van der Waals surface area contributed by atoms with Crippen molar-refractivity contribution in [3.05, 3.63) is 66.1 Å². The van der Waals surface area contributed by atoms with E-state index in [1.165, 1.54) is 0 Å². The Morgan fingerprint density at radius 2 is 1.74 bits per heavy atom. The third-order valence-electron chi connectivity index (χ3n) is 5.60. The maximum absolute atomic E-state index is 13.2. The Bertz CT molecular complexity index is 1090.